The molecule has 116 valence electrons. The fraction of sp³-hybridized carbons (Fsp3) is 0.250. The van der Waals surface area contributed by atoms with Gasteiger partial charge in [0.1, 0.15) is 5.75 Å². The highest BCUT2D eigenvalue weighted by molar-refractivity contribution is 5.76. The molecule has 3 N–H and O–H groups in total. The maximum Gasteiger partial charge on any atom is 0.272 e. The molecule has 0 aliphatic carbocycles. The number of nitrogens with zero attached hydrogens (tertiary/aromatic N) is 1. The highest BCUT2D eigenvalue weighted by Gasteiger charge is 2.10. The minimum atomic E-state index is -0.522. The van der Waals surface area contributed by atoms with E-state index in [2.05, 4.69) is 5.43 Å². The first kappa shape index (κ1) is 15.6. The molecule has 1 heterocycles. The van der Waals surface area contributed by atoms with Crippen LogP contribution in [0.3, 0.4) is 0 Å². The lowest BCUT2D eigenvalue weighted by molar-refractivity contribution is -0.117. The molecule has 0 atom stereocenters. The second-order valence-electron chi connectivity index (χ2n) is 4.98. The predicted molar refractivity (Wildman–Crippen MR) is 84.4 cm³/mol. The van der Waals surface area contributed by atoms with E-state index in [0.29, 0.717) is 12.1 Å². The summed E-state index contributed by atoms with van der Waals surface area (Å²) in [5, 5.41) is 0. The van der Waals surface area contributed by atoms with E-state index in [-0.39, 0.29) is 12.0 Å². The number of benzene rings is 1. The first-order valence-electron chi connectivity index (χ1n) is 6.87. The normalized spacial score (nSPS) is 10.3. The van der Waals surface area contributed by atoms with Gasteiger partial charge in [0.2, 0.25) is 5.91 Å². The number of nitrogens with two attached hydrogens (primary N) is 1. The molecule has 1 aromatic heterocycles. The van der Waals surface area contributed by atoms with Crippen molar-refractivity contribution in [3.05, 3.63) is 63.6 Å². The summed E-state index contributed by atoms with van der Waals surface area (Å²) >= 11 is 0. The molecule has 2 aromatic rings. The molecular weight excluding hydrogens is 282 g/mol. The fourth-order valence-electron chi connectivity index (χ4n) is 2.14. The van der Waals surface area contributed by atoms with Crippen LogP contribution in [0.2, 0.25) is 0 Å². The van der Waals surface area contributed by atoms with Gasteiger partial charge in [-0.05, 0) is 36.2 Å². The Morgan fingerprint density at radius 1 is 1.36 bits per heavy atom. The maximum atomic E-state index is 12.3. The summed E-state index contributed by atoms with van der Waals surface area (Å²) in [7, 11) is 1.60. The molecule has 1 amide bonds. The van der Waals surface area contributed by atoms with Crippen molar-refractivity contribution in [1.82, 2.24) is 4.68 Å². The third-order valence-corrected chi connectivity index (χ3v) is 3.37. The van der Waals surface area contributed by atoms with E-state index in [1.807, 2.05) is 24.3 Å². The zero-order valence-electron chi connectivity index (χ0n) is 12.6. The summed E-state index contributed by atoms with van der Waals surface area (Å²) in [5.74, 6) is 0.232. The number of primary amides is 1. The van der Waals surface area contributed by atoms with E-state index in [9.17, 15) is 9.59 Å². The standard InChI is InChI=1S/C16H19N3O3/c1-11-6-7-19(16(21)14(11)9-15(17)20)18-10-12-4-3-5-13(8-12)22-2/h3-8,18H,9-10H2,1-2H3,(H2,17,20). The molecule has 0 saturated heterocycles. The van der Waals surface area contributed by atoms with Crippen LogP contribution in [0.25, 0.3) is 0 Å². The van der Waals surface area contributed by atoms with Crippen molar-refractivity contribution >= 4 is 5.91 Å². The minimum Gasteiger partial charge on any atom is -0.497 e. The van der Waals surface area contributed by atoms with Crippen LogP contribution >= 0.6 is 0 Å². The van der Waals surface area contributed by atoms with Crippen LogP contribution in [0.5, 0.6) is 5.75 Å². The first-order valence-corrected chi connectivity index (χ1v) is 6.87. The number of methoxy groups -OCH3 is 1. The number of amides is 1. The number of hydrogen-bond acceptors (Lipinski definition) is 4. The van der Waals surface area contributed by atoms with Gasteiger partial charge in [-0.2, -0.15) is 0 Å². The van der Waals surface area contributed by atoms with Gasteiger partial charge in [-0.15, -0.1) is 0 Å². The first-order chi connectivity index (χ1) is 10.5. The Morgan fingerprint density at radius 3 is 2.82 bits per heavy atom. The molecule has 0 saturated carbocycles. The van der Waals surface area contributed by atoms with Gasteiger partial charge in [0.25, 0.3) is 5.56 Å². The SMILES string of the molecule is COc1cccc(CNn2ccc(C)c(CC(N)=O)c2=O)c1. The molecule has 6 heteroatoms. The maximum absolute atomic E-state index is 12.3. The van der Waals surface area contributed by atoms with Crippen LogP contribution in [-0.2, 0) is 17.8 Å². The molecule has 1 aromatic carbocycles. The molecule has 0 fully saturated rings. The Morgan fingerprint density at radius 2 is 2.14 bits per heavy atom. The number of pyridine rings is 1. The number of aromatic nitrogens is 1. The van der Waals surface area contributed by atoms with Crippen LogP contribution in [0.4, 0.5) is 0 Å². The van der Waals surface area contributed by atoms with Gasteiger partial charge in [-0.25, -0.2) is 4.68 Å². The average Bonchev–Trinajstić information content (AvgIpc) is 2.50. The van der Waals surface area contributed by atoms with E-state index in [1.165, 1.54) is 4.68 Å². The topological polar surface area (TPSA) is 86.3 Å². The summed E-state index contributed by atoms with van der Waals surface area (Å²) in [6.45, 7) is 2.24. The van der Waals surface area contributed by atoms with E-state index >= 15 is 0 Å². The summed E-state index contributed by atoms with van der Waals surface area (Å²) < 4.78 is 6.53. The Labute approximate surface area is 128 Å². The number of nitrogens with one attached hydrogen (secondary N) is 1. The smallest absolute Gasteiger partial charge is 0.272 e. The van der Waals surface area contributed by atoms with Crippen molar-refractivity contribution in [2.24, 2.45) is 5.73 Å². The third kappa shape index (κ3) is 3.66. The predicted octanol–water partition coefficient (Wildman–Crippen LogP) is 0.937. The van der Waals surface area contributed by atoms with Gasteiger partial charge in [0, 0.05) is 11.8 Å². The highest BCUT2D eigenvalue weighted by atomic mass is 16.5. The van der Waals surface area contributed by atoms with Crippen molar-refractivity contribution in [3.8, 4) is 5.75 Å². The van der Waals surface area contributed by atoms with Crippen molar-refractivity contribution < 1.29 is 9.53 Å². The average molecular weight is 301 g/mol. The number of rotatable bonds is 6. The second-order valence-corrected chi connectivity index (χ2v) is 4.98. The lowest BCUT2D eigenvalue weighted by atomic mass is 10.1. The largest absolute Gasteiger partial charge is 0.497 e. The van der Waals surface area contributed by atoms with E-state index < -0.39 is 5.91 Å². The molecule has 0 unspecified atom stereocenters. The third-order valence-electron chi connectivity index (χ3n) is 3.37. The summed E-state index contributed by atoms with van der Waals surface area (Å²) in [6, 6.07) is 9.33. The van der Waals surface area contributed by atoms with Gasteiger partial charge < -0.3 is 15.9 Å². The molecule has 6 nitrogen and oxygen atoms in total. The van der Waals surface area contributed by atoms with Crippen LogP contribution in [-0.4, -0.2) is 17.7 Å². The Hall–Kier alpha value is -2.76. The Balaban J connectivity index is 2.19. The van der Waals surface area contributed by atoms with Crippen molar-refractivity contribution in [3.63, 3.8) is 0 Å². The van der Waals surface area contributed by atoms with E-state index in [1.54, 1.807) is 26.3 Å². The molecular formula is C16H19N3O3. The van der Waals surface area contributed by atoms with Crippen LogP contribution < -0.4 is 21.5 Å². The Bertz CT molecular complexity index is 738. The lowest BCUT2D eigenvalue weighted by Crippen LogP contribution is -2.33. The van der Waals surface area contributed by atoms with E-state index in [0.717, 1.165) is 16.9 Å². The Kier molecular flexibility index (Phi) is 4.83. The molecule has 0 aliphatic rings. The summed E-state index contributed by atoms with van der Waals surface area (Å²) in [5.41, 5.74) is 10.1. The van der Waals surface area contributed by atoms with Crippen molar-refractivity contribution in [1.29, 1.82) is 0 Å². The monoisotopic (exact) mass is 301 g/mol. The van der Waals surface area contributed by atoms with Gasteiger partial charge in [0.15, 0.2) is 0 Å². The van der Waals surface area contributed by atoms with Crippen LogP contribution in [0.1, 0.15) is 16.7 Å². The van der Waals surface area contributed by atoms with Gasteiger partial charge in [-0.3, -0.25) is 9.59 Å². The molecule has 22 heavy (non-hydrogen) atoms. The lowest BCUT2D eigenvalue weighted by Gasteiger charge is -2.13. The van der Waals surface area contributed by atoms with Crippen molar-refractivity contribution in [2.45, 2.75) is 19.9 Å². The van der Waals surface area contributed by atoms with Gasteiger partial charge in [0.05, 0.1) is 20.1 Å². The summed E-state index contributed by atoms with van der Waals surface area (Å²) in [6.07, 6.45) is 1.58. The molecule has 0 radical (unpaired) electrons. The summed E-state index contributed by atoms with van der Waals surface area (Å²) in [4.78, 5) is 23.4. The van der Waals surface area contributed by atoms with Gasteiger partial charge in [-0.1, -0.05) is 12.1 Å². The fourth-order valence-corrected chi connectivity index (χ4v) is 2.14. The number of carbonyl (C=O) groups is 1. The zero-order chi connectivity index (χ0) is 16.1. The molecule has 0 spiro atoms. The number of ether oxygens (including phenoxy) is 1. The van der Waals surface area contributed by atoms with Gasteiger partial charge >= 0.3 is 0 Å². The van der Waals surface area contributed by atoms with Crippen LogP contribution in [0, 0.1) is 6.92 Å². The second kappa shape index (κ2) is 6.80. The zero-order valence-corrected chi connectivity index (χ0v) is 12.6. The quantitative estimate of drug-likeness (QED) is 0.831. The number of carbonyl (C=O) groups excluding carboxylic acids is 1. The molecule has 2 rings (SSSR count). The van der Waals surface area contributed by atoms with E-state index in [4.69, 9.17) is 10.5 Å². The van der Waals surface area contributed by atoms with Crippen molar-refractivity contribution in [2.75, 3.05) is 12.5 Å². The van der Waals surface area contributed by atoms with Crippen LogP contribution in [0.15, 0.2) is 41.3 Å². The minimum absolute atomic E-state index is 0.0631. The number of aryl methyl sites for hydroxylation is 1. The highest BCUT2D eigenvalue weighted by Crippen LogP contribution is 2.12. The molecule has 0 bridgehead atoms. The number of hydrogen-bond donors (Lipinski definition) is 2. The molecule has 0 aliphatic heterocycles.